The lowest BCUT2D eigenvalue weighted by Crippen LogP contribution is -2.32. The molecule has 0 aromatic carbocycles. The van der Waals surface area contributed by atoms with Crippen LogP contribution in [-0.4, -0.2) is 5.78 Å². The predicted octanol–water partition coefficient (Wildman–Crippen LogP) is 3.74. The molecule has 0 spiro atoms. The van der Waals surface area contributed by atoms with Crippen LogP contribution in [-0.2, 0) is 4.79 Å². The highest BCUT2D eigenvalue weighted by molar-refractivity contribution is 5.87. The monoisotopic (exact) mass is 206 g/mol. The summed E-state index contributed by atoms with van der Waals surface area (Å²) in [6.07, 6.45) is 9.26. The molecule has 0 radical (unpaired) electrons. The first-order chi connectivity index (χ1) is 6.83. The quantitative estimate of drug-likeness (QED) is 0.629. The molecule has 1 nitrogen and oxygen atoms in total. The summed E-state index contributed by atoms with van der Waals surface area (Å²) in [6, 6.07) is 0. The average molecular weight is 206 g/mol. The van der Waals surface area contributed by atoms with Gasteiger partial charge in [-0.1, -0.05) is 33.3 Å². The fourth-order valence-corrected chi connectivity index (χ4v) is 3.83. The highest BCUT2D eigenvalue weighted by Gasteiger charge is 2.69. The lowest BCUT2D eigenvalue weighted by molar-refractivity contribution is -0.112. The predicted molar refractivity (Wildman–Crippen MR) is 62.6 cm³/mol. The van der Waals surface area contributed by atoms with Gasteiger partial charge in [0.15, 0.2) is 5.78 Å². The van der Waals surface area contributed by atoms with E-state index in [0.717, 1.165) is 0 Å². The third-order valence-corrected chi connectivity index (χ3v) is 4.96. The molecule has 0 amide bonds. The van der Waals surface area contributed by atoms with Crippen LogP contribution in [0.1, 0.15) is 53.4 Å². The lowest BCUT2D eigenvalue weighted by Gasteiger charge is -2.41. The fraction of sp³-hybridized carbons (Fsp3) is 0.786. The average Bonchev–Trinajstić information content (AvgIpc) is 2.70. The van der Waals surface area contributed by atoms with Crippen LogP contribution in [0.25, 0.3) is 0 Å². The van der Waals surface area contributed by atoms with Crippen LogP contribution >= 0.6 is 0 Å². The number of rotatable bonds is 2. The van der Waals surface area contributed by atoms with Crippen molar-refractivity contribution in [1.29, 1.82) is 0 Å². The second-order valence-electron chi connectivity index (χ2n) is 6.39. The van der Waals surface area contributed by atoms with Crippen molar-refractivity contribution < 1.29 is 4.79 Å². The summed E-state index contributed by atoms with van der Waals surface area (Å²) in [4.78, 5) is 11.1. The van der Waals surface area contributed by atoms with E-state index in [0.29, 0.717) is 16.2 Å². The Balaban J connectivity index is 2.29. The van der Waals surface area contributed by atoms with Gasteiger partial charge in [-0.2, -0.15) is 0 Å². The van der Waals surface area contributed by atoms with Gasteiger partial charge in [0.05, 0.1) is 0 Å². The van der Waals surface area contributed by atoms with Gasteiger partial charge in [0.1, 0.15) is 0 Å². The minimum absolute atomic E-state index is 0.181. The topological polar surface area (TPSA) is 17.1 Å². The number of carbonyl (C=O) groups is 1. The Morgan fingerprint density at radius 3 is 2.40 bits per heavy atom. The molecule has 2 aliphatic carbocycles. The van der Waals surface area contributed by atoms with E-state index in [1.165, 1.54) is 25.7 Å². The van der Waals surface area contributed by atoms with Crippen LogP contribution in [0.5, 0.6) is 0 Å². The highest BCUT2D eigenvalue weighted by Crippen LogP contribution is 2.78. The zero-order chi connectivity index (χ0) is 11.3. The zero-order valence-corrected chi connectivity index (χ0v) is 10.4. The molecule has 2 rings (SSSR count). The molecule has 84 valence electrons. The Kier molecular flexibility index (Phi) is 2.15. The van der Waals surface area contributed by atoms with E-state index in [1.807, 2.05) is 0 Å². The summed E-state index contributed by atoms with van der Waals surface area (Å²) >= 11 is 0. The van der Waals surface area contributed by atoms with E-state index in [2.05, 4.69) is 26.8 Å². The molecule has 15 heavy (non-hydrogen) atoms. The zero-order valence-electron chi connectivity index (χ0n) is 10.4. The molecule has 0 N–H and O–H groups in total. The molecule has 0 aromatic rings. The summed E-state index contributed by atoms with van der Waals surface area (Å²) in [6.45, 7) is 8.75. The third-order valence-electron chi connectivity index (χ3n) is 4.96. The Morgan fingerprint density at radius 2 is 1.87 bits per heavy atom. The van der Waals surface area contributed by atoms with Gasteiger partial charge in [-0.25, -0.2) is 0 Å². The standard InChI is InChI=1S/C14H22O/c1-11(15)6-9-14-10-13(14,4)8-5-7-12(14,2)3/h6,9H,5,7-8,10H2,1-4H3/b9-6+/t13-,14+/m0/s1. The van der Waals surface area contributed by atoms with Crippen LogP contribution in [0.3, 0.4) is 0 Å². The van der Waals surface area contributed by atoms with Gasteiger partial charge >= 0.3 is 0 Å². The van der Waals surface area contributed by atoms with Crippen molar-refractivity contribution in [3.8, 4) is 0 Å². The number of carbonyl (C=O) groups excluding carboxylic acids is 1. The number of hydrogen-bond donors (Lipinski definition) is 0. The van der Waals surface area contributed by atoms with E-state index >= 15 is 0 Å². The molecule has 2 atom stereocenters. The Bertz CT molecular complexity index is 326. The first kappa shape index (κ1) is 10.9. The molecule has 0 heterocycles. The summed E-state index contributed by atoms with van der Waals surface area (Å²) in [5.41, 5.74) is 1.15. The Hall–Kier alpha value is -0.590. The van der Waals surface area contributed by atoms with Gasteiger partial charge in [-0.15, -0.1) is 0 Å². The van der Waals surface area contributed by atoms with E-state index in [9.17, 15) is 4.79 Å². The highest BCUT2D eigenvalue weighted by atomic mass is 16.1. The largest absolute Gasteiger partial charge is 0.295 e. The minimum atomic E-state index is 0.181. The van der Waals surface area contributed by atoms with Crippen LogP contribution < -0.4 is 0 Å². The van der Waals surface area contributed by atoms with Gasteiger partial charge in [-0.3, -0.25) is 4.79 Å². The van der Waals surface area contributed by atoms with Gasteiger partial charge in [0.25, 0.3) is 0 Å². The van der Waals surface area contributed by atoms with E-state index in [4.69, 9.17) is 0 Å². The molecule has 0 aromatic heterocycles. The van der Waals surface area contributed by atoms with Crippen molar-refractivity contribution in [1.82, 2.24) is 0 Å². The SMILES string of the molecule is CC(=O)/C=C/[C@]12C[C@]1(C)CCCC2(C)C. The van der Waals surface area contributed by atoms with Gasteiger partial charge in [0, 0.05) is 0 Å². The van der Waals surface area contributed by atoms with Crippen molar-refractivity contribution in [2.45, 2.75) is 53.4 Å². The third kappa shape index (κ3) is 1.39. The van der Waals surface area contributed by atoms with Crippen molar-refractivity contribution in [3.05, 3.63) is 12.2 Å². The number of hydrogen-bond acceptors (Lipinski definition) is 1. The fourth-order valence-electron chi connectivity index (χ4n) is 3.83. The van der Waals surface area contributed by atoms with Gasteiger partial charge in [-0.05, 0) is 48.5 Å². The number of fused-ring (bicyclic) bond motifs is 1. The summed E-state index contributed by atoms with van der Waals surface area (Å²) < 4.78 is 0. The lowest BCUT2D eigenvalue weighted by atomic mass is 9.63. The van der Waals surface area contributed by atoms with Crippen molar-refractivity contribution in [2.24, 2.45) is 16.2 Å². The van der Waals surface area contributed by atoms with Crippen molar-refractivity contribution in [2.75, 3.05) is 0 Å². The van der Waals surface area contributed by atoms with Crippen molar-refractivity contribution >= 4 is 5.78 Å². The molecule has 0 unspecified atom stereocenters. The molecule has 2 saturated carbocycles. The van der Waals surface area contributed by atoms with E-state index in [1.54, 1.807) is 13.0 Å². The van der Waals surface area contributed by atoms with Gasteiger partial charge < -0.3 is 0 Å². The molecule has 2 aliphatic rings. The van der Waals surface area contributed by atoms with Crippen LogP contribution in [0, 0.1) is 16.2 Å². The number of allylic oxidation sites excluding steroid dienone is 2. The Morgan fingerprint density at radius 1 is 1.20 bits per heavy atom. The maximum atomic E-state index is 11.1. The Labute approximate surface area is 92.9 Å². The summed E-state index contributed by atoms with van der Waals surface area (Å²) in [5.74, 6) is 0.181. The first-order valence-corrected chi connectivity index (χ1v) is 6.03. The smallest absolute Gasteiger partial charge is 0.152 e. The first-order valence-electron chi connectivity index (χ1n) is 6.03. The van der Waals surface area contributed by atoms with E-state index < -0.39 is 0 Å². The summed E-state index contributed by atoms with van der Waals surface area (Å²) in [5, 5.41) is 0. The minimum Gasteiger partial charge on any atom is -0.295 e. The van der Waals surface area contributed by atoms with E-state index in [-0.39, 0.29) is 5.78 Å². The molecule has 0 aliphatic heterocycles. The van der Waals surface area contributed by atoms with Crippen LogP contribution in [0.15, 0.2) is 12.2 Å². The molecule has 0 bridgehead atoms. The summed E-state index contributed by atoms with van der Waals surface area (Å²) in [7, 11) is 0. The second-order valence-corrected chi connectivity index (χ2v) is 6.39. The van der Waals surface area contributed by atoms with Gasteiger partial charge in [0.2, 0.25) is 0 Å². The molecular formula is C14H22O. The molecule has 0 saturated heterocycles. The second kappa shape index (κ2) is 2.96. The maximum Gasteiger partial charge on any atom is 0.152 e. The molecule has 1 heteroatoms. The van der Waals surface area contributed by atoms with Crippen LogP contribution in [0.2, 0.25) is 0 Å². The maximum absolute atomic E-state index is 11.1. The molecule has 2 fully saturated rings. The molecular weight excluding hydrogens is 184 g/mol. The normalized spacial score (nSPS) is 42.7. The van der Waals surface area contributed by atoms with Crippen LogP contribution in [0.4, 0.5) is 0 Å². The van der Waals surface area contributed by atoms with Crippen molar-refractivity contribution in [3.63, 3.8) is 0 Å². The number of ketones is 1.